The molecule has 0 spiro atoms. The largest absolute Gasteiger partial charge is 0.486 e. The Morgan fingerprint density at radius 1 is 1.07 bits per heavy atom. The Kier molecular flexibility index (Phi) is 12.8. The second-order valence-corrected chi connectivity index (χ2v) is 19.5. The summed E-state index contributed by atoms with van der Waals surface area (Å²) >= 11 is 0. The van der Waals surface area contributed by atoms with E-state index in [0.717, 1.165) is 11.8 Å². The second kappa shape index (κ2) is 17.2. The molecule has 7 atom stereocenters. The van der Waals surface area contributed by atoms with Crippen molar-refractivity contribution in [2.45, 2.75) is 141 Å². The molecule has 3 fully saturated rings. The monoisotopic (exact) mass is 845 g/mol. The van der Waals surface area contributed by atoms with Crippen LogP contribution in [0.25, 0.3) is 10.8 Å². The van der Waals surface area contributed by atoms with Gasteiger partial charge in [0.2, 0.25) is 27.7 Å². The first-order valence-electron chi connectivity index (χ1n) is 21.2. The molecular formula is C43H67N5O10S. The number of sulfonamides is 1. The van der Waals surface area contributed by atoms with Crippen molar-refractivity contribution in [1.82, 2.24) is 25.2 Å². The van der Waals surface area contributed by atoms with Crippen molar-refractivity contribution in [3.8, 4) is 17.4 Å². The van der Waals surface area contributed by atoms with Gasteiger partial charge in [0.25, 0.3) is 5.91 Å². The van der Waals surface area contributed by atoms with Crippen molar-refractivity contribution in [3.05, 3.63) is 36.5 Å². The Hall–Kier alpha value is -4.60. The van der Waals surface area contributed by atoms with Gasteiger partial charge in [0.15, 0.2) is 11.5 Å². The van der Waals surface area contributed by atoms with Crippen LogP contribution in [0.5, 0.6) is 17.4 Å². The number of carbonyl (C=O) groups excluding carboxylic acids is 4. The second-order valence-electron chi connectivity index (χ2n) is 17.5. The number of allylic oxidation sites excluding steroid dienone is 1. The lowest BCUT2D eigenvalue weighted by molar-refractivity contribution is -0.142. The van der Waals surface area contributed by atoms with E-state index in [1.54, 1.807) is 46.0 Å². The summed E-state index contributed by atoms with van der Waals surface area (Å²) in [5.41, 5.74) is -2.37. The number of pyridine rings is 1. The van der Waals surface area contributed by atoms with Crippen LogP contribution in [0.3, 0.4) is 0 Å². The molecule has 330 valence electrons. The third-order valence-corrected chi connectivity index (χ3v) is 14.3. The summed E-state index contributed by atoms with van der Waals surface area (Å²) in [5, 5.41) is 7.12. The third kappa shape index (κ3) is 9.26. The van der Waals surface area contributed by atoms with Gasteiger partial charge in [0.05, 0.1) is 11.3 Å². The Labute approximate surface area is 352 Å². The molecule has 4 amide bonds. The van der Waals surface area contributed by atoms with Crippen molar-refractivity contribution in [2.75, 3.05) is 19.8 Å². The average molecular weight is 846 g/mol. The van der Waals surface area contributed by atoms with Crippen molar-refractivity contribution >= 4 is 44.6 Å². The van der Waals surface area contributed by atoms with Gasteiger partial charge in [-0.25, -0.2) is 18.2 Å². The summed E-state index contributed by atoms with van der Waals surface area (Å²) in [6.07, 6.45) is 7.47. The number of nitrogens with zero attached hydrogens (tertiary/aromatic N) is 2. The summed E-state index contributed by atoms with van der Waals surface area (Å²) in [6, 6.07) is 3.21. The van der Waals surface area contributed by atoms with E-state index in [1.165, 1.54) is 4.90 Å². The van der Waals surface area contributed by atoms with Gasteiger partial charge in [-0.3, -0.25) is 19.1 Å². The van der Waals surface area contributed by atoms with E-state index in [4.69, 9.17) is 18.9 Å². The van der Waals surface area contributed by atoms with E-state index < -0.39 is 73.8 Å². The van der Waals surface area contributed by atoms with Gasteiger partial charge in [-0.2, -0.15) is 0 Å². The SMILES string of the molecule is CC.CCC1(S(=O)(=O)NC(=O)[C@@]23C[C@H]2/C=C\CC[C@@H](C)C[C@@H](C)[C@H](NC(=O)OC(C)(C)C)C(=O)N2C[C@H](Oc4nccc5c6c(ccc45)OCCO6)C[C@H]2C(=O)N3)CC1.[HH].[HH].[HH]. The van der Waals surface area contributed by atoms with Crippen LogP contribution < -0.4 is 29.6 Å². The Morgan fingerprint density at radius 3 is 2.49 bits per heavy atom. The highest BCUT2D eigenvalue weighted by atomic mass is 32.2. The number of nitrogens with one attached hydrogen (secondary N) is 3. The number of hydrogen-bond acceptors (Lipinski definition) is 11. The molecule has 1 saturated heterocycles. The first kappa shape index (κ1) is 44.0. The standard InChI is InChI=1S/C41H55N5O10S.C2H6.3H2/c1-7-40(15-16-40)57(51,52)45-37(49)41-22-26(41)11-9-8-10-24(2)20-25(3)32(43-38(50)56-39(4,5)6)36(48)46-23-27(21-30(46)34(47)44-41)55-35-29-12-13-31-33(54-19-18-53-31)28(29)14-17-42-35;1-2;;;/h9,11-14,17,24-27,30,32H,7-8,10,15-16,18-23H2,1-6H3,(H,43,50)(H,44,47)(H,45,49);1-2H3;3*1H/b11-9-;;;;/t24-,25-,26-,27-,30+,32+,41-;;;;/m1..../s1. The quantitative estimate of drug-likeness (QED) is 0.266. The van der Waals surface area contributed by atoms with E-state index in [2.05, 4.69) is 27.3 Å². The third-order valence-electron chi connectivity index (χ3n) is 12.0. The average Bonchev–Trinajstić information content (AvgIpc) is 4.10. The number of benzene rings is 1. The Morgan fingerprint density at radius 2 is 1.80 bits per heavy atom. The molecule has 16 heteroatoms. The molecule has 7 rings (SSSR count). The summed E-state index contributed by atoms with van der Waals surface area (Å²) in [6.45, 7) is 15.7. The summed E-state index contributed by atoms with van der Waals surface area (Å²) in [5.74, 6) is -1.14. The first-order chi connectivity index (χ1) is 28.0. The molecule has 4 heterocycles. The summed E-state index contributed by atoms with van der Waals surface area (Å²) in [7, 11) is -4.02. The summed E-state index contributed by atoms with van der Waals surface area (Å²) < 4.78 is 52.0. The number of rotatable bonds is 7. The van der Waals surface area contributed by atoms with Gasteiger partial charge < -0.3 is 34.5 Å². The zero-order valence-electron chi connectivity index (χ0n) is 35.6. The smallest absolute Gasteiger partial charge is 0.408 e. The van der Waals surface area contributed by atoms with E-state index in [9.17, 15) is 27.6 Å². The molecule has 15 nitrogen and oxygen atoms in total. The summed E-state index contributed by atoms with van der Waals surface area (Å²) in [4.78, 5) is 62.7. The minimum absolute atomic E-state index is 0. The maximum atomic E-state index is 14.8. The molecule has 1 aromatic heterocycles. The zero-order valence-corrected chi connectivity index (χ0v) is 36.4. The van der Waals surface area contributed by atoms with Crippen molar-refractivity contribution in [2.24, 2.45) is 17.8 Å². The molecule has 59 heavy (non-hydrogen) atoms. The molecule has 2 saturated carbocycles. The predicted molar refractivity (Wildman–Crippen MR) is 228 cm³/mol. The number of aromatic nitrogens is 1. The first-order valence-corrected chi connectivity index (χ1v) is 22.6. The minimum atomic E-state index is -4.02. The molecule has 2 aliphatic carbocycles. The molecule has 5 aliphatic rings. The lowest BCUT2D eigenvalue weighted by Gasteiger charge is -2.33. The number of hydrogen-bond donors (Lipinski definition) is 3. The van der Waals surface area contributed by atoms with Gasteiger partial charge in [-0.1, -0.05) is 46.8 Å². The molecule has 0 unspecified atom stereocenters. The van der Waals surface area contributed by atoms with Gasteiger partial charge in [-0.15, -0.1) is 0 Å². The molecule has 3 N–H and O–H groups in total. The molecule has 3 aliphatic heterocycles. The Bertz CT molecular complexity index is 2080. The number of alkyl carbamates (subject to hydrolysis) is 1. The lowest BCUT2D eigenvalue weighted by Crippen LogP contribution is -2.59. The van der Waals surface area contributed by atoms with Crippen molar-refractivity contribution in [1.29, 1.82) is 0 Å². The molecular weight excluding hydrogens is 779 g/mol. The highest BCUT2D eigenvalue weighted by molar-refractivity contribution is 7.91. The van der Waals surface area contributed by atoms with Crippen LogP contribution in [-0.2, 0) is 29.1 Å². The maximum absolute atomic E-state index is 14.8. The van der Waals surface area contributed by atoms with Crippen LogP contribution >= 0.6 is 0 Å². The fourth-order valence-corrected chi connectivity index (χ4v) is 10.2. The number of carbonyl (C=O) groups is 4. The van der Waals surface area contributed by atoms with Crippen LogP contribution in [0.1, 0.15) is 111 Å². The minimum Gasteiger partial charge on any atom is -0.486 e. The maximum Gasteiger partial charge on any atom is 0.408 e. The fourth-order valence-electron chi connectivity index (χ4n) is 8.51. The van der Waals surface area contributed by atoms with Crippen LogP contribution in [0.4, 0.5) is 4.79 Å². The van der Waals surface area contributed by atoms with Crippen LogP contribution in [0.2, 0.25) is 0 Å². The number of fused-ring (bicyclic) bond motifs is 5. The van der Waals surface area contributed by atoms with E-state index >= 15 is 0 Å². The zero-order chi connectivity index (χ0) is 42.9. The molecule has 0 radical (unpaired) electrons. The van der Waals surface area contributed by atoms with E-state index in [-0.39, 0.29) is 41.4 Å². The molecule has 0 bridgehead atoms. The topological polar surface area (TPSA) is 192 Å². The Balaban J connectivity index is 0.00000202. The highest BCUT2D eigenvalue weighted by Crippen LogP contribution is 2.49. The normalized spacial score (nSPS) is 29.5. The van der Waals surface area contributed by atoms with E-state index in [1.807, 2.05) is 39.0 Å². The molecule has 2 aromatic rings. The lowest BCUT2D eigenvalue weighted by atomic mass is 9.88. The van der Waals surface area contributed by atoms with E-state index in [0.29, 0.717) is 62.2 Å². The number of ether oxygens (including phenoxy) is 4. The predicted octanol–water partition coefficient (Wildman–Crippen LogP) is 6.29. The fraction of sp³-hybridized carbons (Fsp3) is 0.651. The van der Waals surface area contributed by atoms with Crippen molar-refractivity contribution < 1.29 is 50.8 Å². The van der Waals surface area contributed by atoms with Gasteiger partial charge >= 0.3 is 6.09 Å². The van der Waals surface area contributed by atoms with Crippen LogP contribution in [0.15, 0.2) is 36.5 Å². The van der Waals surface area contributed by atoms with Crippen LogP contribution in [-0.4, -0.2) is 95.9 Å². The van der Waals surface area contributed by atoms with Crippen molar-refractivity contribution in [3.63, 3.8) is 0 Å². The van der Waals surface area contributed by atoms with Crippen LogP contribution in [0, 0.1) is 17.8 Å². The van der Waals surface area contributed by atoms with Gasteiger partial charge in [0, 0.05) is 33.6 Å². The van der Waals surface area contributed by atoms with Gasteiger partial charge in [0.1, 0.15) is 42.5 Å². The molecule has 1 aromatic carbocycles. The number of amides is 4. The van der Waals surface area contributed by atoms with Gasteiger partial charge in [-0.05, 0) is 95.8 Å². The highest BCUT2D eigenvalue weighted by Gasteiger charge is 2.63.